The highest BCUT2D eigenvalue weighted by molar-refractivity contribution is 6.32. The highest BCUT2D eigenvalue weighted by Crippen LogP contribution is 2.34. The van der Waals surface area contributed by atoms with Crippen LogP contribution < -0.4 is 9.47 Å². The van der Waals surface area contributed by atoms with Gasteiger partial charge < -0.3 is 9.47 Å². The Morgan fingerprint density at radius 2 is 2.07 bits per heavy atom. The molecular weight excluding hydrogens is 384 g/mol. The number of hydrogen-bond donors (Lipinski definition) is 0. The van der Waals surface area contributed by atoms with Crippen LogP contribution in [0.5, 0.6) is 11.5 Å². The quantitative estimate of drug-likeness (QED) is 0.266. The number of allylic oxidation sites excluding steroid dienone is 1. The number of hydrogen-bond acceptors (Lipinski definition) is 5. The minimum Gasteiger partial charge on any atom is -0.490 e. The smallest absolute Gasteiger partial charge is 0.387 e. The number of halogens is 3. The van der Waals surface area contributed by atoms with Gasteiger partial charge >= 0.3 is 6.61 Å². The van der Waals surface area contributed by atoms with Crippen molar-refractivity contribution in [3.05, 3.63) is 68.7 Å². The maximum Gasteiger partial charge on any atom is 0.387 e. The molecule has 6 nitrogen and oxygen atoms in total. The number of ketones is 1. The van der Waals surface area contributed by atoms with Crippen LogP contribution in [0.25, 0.3) is 6.08 Å². The van der Waals surface area contributed by atoms with Gasteiger partial charge in [-0.25, -0.2) is 0 Å². The number of alkyl halides is 2. The number of carbonyl (C=O) groups excluding carboxylic acids is 1. The average Bonchev–Trinajstić information content (AvgIpc) is 2.61. The number of nitro benzene ring substituents is 1. The van der Waals surface area contributed by atoms with Gasteiger partial charge in [-0.3, -0.25) is 14.9 Å². The first-order valence-electron chi connectivity index (χ1n) is 7.70. The minimum atomic E-state index is -3.08. The van der Waals surface area contributed by atoms with E-state index in [1.54, 1.807) is 13.0 Å². The van der Waals surface area contributed by atoms with Gasteiger partial charge in [0.25, 0.3) is 5.69 Å². The molecule has 0 bridgehead atoms. The van der Waals surface area contributed by atoms with Gasteiger partial charge in [-0.2, -0.15) is 8.78 Å². The molecule has 0 spiro atoms. The summed E-state index contributed by atoms with van der Waals surface area (Å²) >= 11 is 5.71. The minimum absolute atomic E-state index is 0.0274. The molecule has 0 aliphatic carbocycles. The number of nitro groups is 1. The van der Waals surface area contributed by atoms with E-state index in [-0.39, 0.29) is 34.3 Å². The van der Waals surface area contributed by atoms with Crippen LogP contribution >= 0.6 is 11.6 Å². The van der Waals surface area contributed by atoms with Crippen LogP contribution in [0.1, 0.15) is 22.8 Å². The van der Waals surface area contributed by atoms with Crippen molar-refractivity contribution in [1.29, 1.82) is 0 Å². The van der Waals surface area contributed by atoms with E-state index in [1.807, 2.05) is 0 Å². The molecule has 9 heteroatoms. The second-order valence-electron chi connectivity index (χ2n) is 5.11. The highest BCUT2D eigenvalue weighted by Gasteiger charge is 2.17. The zero-order chi connectivity index (χ0) is 20.0. The fourth-order valence-corrected chi connectivity index (χ4v) is 2.40. The molecule has 0 saturated heterocycles. The van der Waals surface area contributed by atoms with Crippen LogP contribution in [-0.2, 0) is 0 Å². The number of nitrogens with zero attached hydrogens (tertiary/aromatic N) is 1. The predicted octanol–water partition coefficient (Wildman–Crippen LogP) is 5.14. The lowest BCUT2D eigenvalue weighted by atomic mass is 10.1. The Hall–Kier alpha value is -3.00. The molecule has 0 aliphatic heterocycles. The first-order valence-corrected chi connectivity index (χ1v) is 8.08. The summed E-state index contributed by atoms with van der Waals surface area (Å²) in [5.41, 5.74) is -0.186. The van der Waals surface area contributed by atoms with Crippen LogP contribution in [-0.4, -0.2) is 23.9 Å². The molecule has 142 valence electrons. The van der Waals surface area contributed by atoms with Crippen molar-refractivity contribution < 1.29 is 28.0 Å². The maximum absolute atomic E-state index is 12.7. The monoisotopic (exact) mass is 397 g/mol. The largest absolute Gasteiger partial charge is 0.490 e. The fourth-order valence-electron chi connectivity index (χ4n) is 2.22. The van der Waals surface area contributed by atoms with Crippen molar-refractivity contribution in [3.63, 3.8) is 0 Å². The lowest BCUT2D eigenvalue weighted by Gasteiger charge is -2.13. The number of benzene rings is 2. The van der Waals surface area contributed by atoms with Crippen LogP contribution in [0.2, 0.25) is 5.02 Å². The van der Waals surface area contributed by atoms with Gasteiger partial charge in [0, 0.05) is 17.2 Å². The summed E-state index contributed by atoms with van der Waals surface area (Å²) in [6.07, 6.45) is 2.36. The number of carbonyl (C=O) groups is 1. The maximum atomic E-state index is 12.7. The Balaban J connectivity index is 2.34. The molecule has 0 N–H and O–H groups in total. The first kappa shape index (κ1) is 20.3. The summed E-state index contributed by atoms with van der Waals surface area (Å²) in [7, 11) is 0. The summed E-state index contributed by atoms with van der Waals surface area (Å²) in [4.78, 5) is 22.5. The van der Waals surface area contributed by atoms with E-state index < -0.39 is 23.0 Å². The molecule has 2 aromatic rings. The number of rotatable bonds is 8. The van der Waals surface area contributed by atoms with Crippen molar-refractivity contribution in [2.24, 2.45) is 0 Å². The molecule has 0 heterocycles. The van der Waals surface area contributed by atoms with Gasteiger partial charge in [0.05, 0.1) is 11.5 Å². The third kappa shape index (κ3) is 5.24. The summed E-state index contributed by atoms with van der Waals surface area (Å²) in [5, 5.41) is 10.8. The third-order valence-electron chi connectivity index (χ3n) is 3.36. The van der Waals surface area contributed by atoms with Crippen molar-refractivity contribution in [2.75, 3.05) is 6.61 Å². The van der Waals surface area contributed by atoms with Gasteiger partial charge in [0.15, 0.2) is 17.3 Å². The Bertz CT molecular complexity index is 886. The van der Waals surface area contributed by atoms with Crippen LogP contribution in [0, 0.1) is 10.1 Å². The van der Waals surface area contributed by atoms with Crippen molar-refractivity contribution in [1.82, 2.24) is 0 Å². The molecule has 0 radical (unpaired) electrons. The molecule has 0 aromatic heterocycles. The van der Waals surface area contributed by atoms with Gasteiger partial charge in [0.2, 0.25) is 0 Å². The molecule has 0 saturated carbocycles. The van der Waals surface area contributed by atoms with E-state index in [1.165, 1.54) is 30.3 Å². The Morgan fingerprint density at radius 3 is 2.70 bits per heavy atom. The lowest BCUT2D eigenvalue weighted by Crippen LogP contribution is -2.06. The summed E-state index contributed by atoms with van der Waals surface area (Å²) < 4.78 is 35.2. The van der Waals surface area contributed by atoms with E-state index in [0.29, 0.717) is 0 Å². The second-order valence-corrected chi connectivity index (χ2v) is 5.51. The summed E-state index contributed by atoms with van der Waals surface area (Å²) in [6.45, 7) is -1.15. The van der Waals surface area contributed by atoms with Crippen molar-refractivity contribution in [2.45, 2.75) is 13.5 Å². The number of ether oxygens (including phenoxy) is 2. The van der Waals surface area contributed by atoms with Crippen LogP contribution in [0.4, 0.5) is 14.5 Å². The molecule has 0 fully saturated rings. The van der Waals surface area contributed by atoms with E-state index >= 15 is 0 Å². The summed E-state index contributed by atoms with van der Waals surface area (Å²) in [6, 6.07) is 8.09. The fraction of sp³-hybridized carbons (Fsp3) is 0.167. The van der Waals surface area contributed by atoms with Gasteiger partial charge in [-0.15, -0.1) is 0 Å². The van der Waals surface area contributed by atoms with E-state index in [4.69, 9.17) is 16.3 Å². The zero-order valence-corrected chi connectivity index (χ0v) is 14.8. The standard InChI is InChI=1S/C18H14ClF2NO5/c1-2-26-16-5-3-4-11(17(16)27-18(20)21)7-9-15(23)12-6-8-13(19)14(10-12)22(24)25/h3-10,18H,2H2,1H3/b9-7+. The highest BCUT2D eigenvalue weighted by atomic mass is 35.5. The molecule has 0 amide bonds. The van der Waals surface area contributed by atoms with Crippen LogP contribution in [0.3, 0.4) is 0 Å². The zero-order valence-electron chi connectivity index (χ0n) is 14.0. The van der Waals surface area contributed by atoms with E-state index in [9.17, 15) is 23.7 Å². The normalized spacial score (nSPS) is 11.0. The molecule has 0 unspecified atom stereocenters. The number of para-hydroxylation sites is 1. The average molecular weight is 398 g/mol. The van der Waals surface area contributed by atoms with E-state index in [0.717, 1.165) is 12.1 Å². The second kappa shape index (κ2) is 9.09. The molecular formula is C18H14ClF2NO5. The summed E-state index contributed by atoms with van der Waals surface area (Å²) in [5.74, 6) is -0.672. The van der Waals surface area contributed by atoms with Gasteiger partial charge in [0.1, 0.15) is 5.02 Å². The lowest BCUT2D eigenvalue weighted by molar-refractivity contribution is -0.384. The van der Waals surface area contributed by atoms with Gasteiger partial charge in [-0.05, 0) is 37.3 Å². The third-order valence-corrected chi connectivity index (χ3v) is 3.68. The molecule has 2 aromatic carbocycles. The van der Waals surface area contributed by atoms with Crippen molar-refractivity contribution in [3.8, 4) is 11.5 Å². The SMILES string of the molecule is CCOc1cccc(/C=C/C(=O)c2ccc(Cl)c([N+](=O)[O-])c2)c1OC(F)F. The Kier molecular flexibility index (Phi) is 6.84. The van der Waals surface area contributed by atoms with Gasteiger partial charge in [-0.1, -0.05) is 23.7 Å². The van der Waals surface area contributed by atoms with Crippen LogP contribution in [0.15, 0.2) is 42.5 Å². The Labute approximate surface area is 158 Å². The topological polar surface area (TPSA) is 78.7 Å². The first-order chi connectivity index (χ1) is 12.8. The Morgan fingerprint density at radius 1 is 1.33 bits per heavy atom. The molecule has 2 rings (SSSR count). The predicted molar refractivity (Wildman–Crippen MR) is 95.7 cm³/mol. The molecule has 0 aliphatic rings. The molecule has 27 heavy (non-hydrogen) atoms. The van der Waals surface area contributed by atoms with Crippen molar-refractivity contribution >= 4 is 29.1 Å². The molecule has 0 atom stereocenters. The van der Waals surface area contributed by atoms with E-state index in [2.05, 4.69) is 4.74 Å².